The lowest BCUT2D eigenvalue weighted by atomic mass is 10.2. The fraction of sp³-hybridized carbons (Fsp3) is 0.538. The highest BCUT2D eigenvalue weighted by Crippen LogP contribution is 2.30. The van der Waals surface area contributed by atoms with Crippen molar-refractivity contribution in [1.29, 1.82) is 0 Å². The lowest BCUT2D eigenvalue weighted by molar-refractivity contribution is 0.171. The Morgan fingerprint density at radius 1 is 1.29 bits per heavy atom. The van der Waals surface area contributed by atoms with Gasteiger partial charge in [0.2, 0.25) is 0 Å². The number of hydrogen-bond donors (Lipinski definition) is 2. The number of ether oxygens (including phenoxy) is 2. The lowest BCUT2D eigenvalue weighted by Crippen LogP contribution is -2.19. The summed E-state index contributed by atoms with van der Waals surface area (Å²) >= 11 is 0. The quantitative estimate of drug-likeness (QED) is 0.758. The van der Waals surface area contributed by atoms with E-state index in [2.05, 4.69) is 5.32 Å². The van der Waals surface area contributed by atoms with Crippen LogP contribution >= 0.6 is 0 Å². The first kappa shape index (κ1) is 12.2. The summed E-state index contributed by atoms with van der Waals surface area (Å²) in [4.78, 5) is 0. The molecule has 1 aromatic rings. The van der Waals surface area contributed by atoms with Gasteiger partial charge < -0.3 is 19.9 Å². The normalized spacial score (nSPS) is 15.6. The van der Waals surface area contributed by atoms with Gasteiger partial charge >= 0.3 is 0 Å². The van der Waals surface area contributed by atoms with Crippen molar-refractivity contribution in [3.8, 4) is 11.5 Å². The highest BCUT2D eigenvalue weighted by atomic mass is 16.6. The van der Waals surface area contributed by atoms with Crippen LogP contribution in [0.4, 0.5) is 0 Å². The van der Waals surface area contributed by atoms with Crippen molar-refractivity contribution < 1.29 is 14.6 Å². The monoisotopic (exact) mass is 237 g/mol. The van der Waals surface area contributed by atoms with E-state index >= 15 is 0 Å². The van der Waals surface area contributed by atoms with Crippen molar-refractivity contribution in [3.63, 3.8) is 0 Å². The molecule has 1 atom stereocenters. The first-order valence-corrected chi connectivity index (χ1v) is 6.03. The van der Waals surface area contributed by atoms with Crippen LogP contribution in [0.5, 0.6) is 11.5 Å². The molecule has 0 aromatic heterocycles. The van der Waals surface area contributed by atoms with Crippen LogP contribution < -0.4 is 14.8 Å². The third-order valence-electron chi connectivity index (χ3n) is 2.67. The maximum absolute atomic E-state index is 9.13. The Hall–Kier alpha value is -1.26. The Morgan fingerprint density at radius 2 is 2.06 bits per heavy atom. The van der Waals surface area contributed by atoms with Crippen LogP contribution in [-0.4, -0.2) is 31.0 Å². The number of hydrogen-bond acceptors (Lipinski definition) is 4. The van der Waals surface area contributed by atoms with E-state index < -0.39 is 0 Å². The highest BCUT2D eigenvalue weighted by Gasteiger charge is 2.11. The summed E-state index contributed by atoms with van der Waals surface area (Å²) < 4.78 is 11.0. The highest BCUT2D eigenvalue weighted by molar-refractivity contribution is 5.43. The molecule has 1 unspecified atom stereocenters. The van der Waals surface area contributed by atoms with Crippen LogP contribution in [0.25, 0.3) is 0 Å². The maximum atomic E-state index is 9.13. The van der Waals surface area contributed by atoms with Crippen LogP contribution in [0, 0.1) is 0 Å². The second-order valence-electron chi connectivity index (χ2n) is 4.29. The average Bonchev–Trinajstić information content (AvgIpc) is 2.34. The molecule has 0 radical (unpaired) electrons. The van der Waals surface area contributed by atoms with Crippen molar-refractivity contribution in [2.75, 3.05) is 19.8 Å². The molecule has 1 aromatic carbocycles. The SMILES string of the molecule is CC(O)CCNCc1ccc2c(c1)OCCO2. The van der Waals surface area contributed by atoms with E-state index in [4.69, 9.17) is 14.6 Å². The molecule has 0 fully saturated rings. The fourth-order valence-corrected chi connectivity index (χ4v) is 1.74. The van der Waals surface area contributed by atoms with Gasteiger partial charge in [0, 0.05) is 6.54 Å². The Bertz CT molecular complexity index is 366. The van der Waals surface area contributed by atoms with Gasteiger partial charge in [-0.15, -0.1) is 0 Å². The molecule has 1 heterocycles. The van der Waals surface area contributed by atoms with Gasteiger partial charge in [-0.05, 0) is 37.6 Å². The molecule has 2 N–H and O–H groups in total. The zero-order chi connectivity index (χ0) is 12.1. The number of rotatable bonds is 5. The Labute approximate surface area is 102 Å². The van der Waals surface area contributed by atoms with Crippen molar-refractivity contribution in [3.05, 3.63) is 23.8 Å². The van der Waals surface area contributed by atoms with E-state index in [0.29, 0.717) is 13.2 Å². The van der Waals surface area contributed by atoms with Gasteiger partial charge in [-0.25, -0.2) is 0 Å². The molecule has 94 valence electrons. The molecule has 0 amide bonds. The first-order valence-electron chi connectivity index (χ1n) is 6.03. The van der Waals surface area contributed by atoms with Crippen LogP contribution in [-0.2, 0) is 6.54 Å². The number of aliphatic hydroxyl groups is 1. The predicted molar refractivity (Wildman–Crippen MR) is 65.4 cm³/mol. The zero-order valence-corrected chi connectivity index (χ0v) is 10.1. The molecule has 1 aliphatic heterocycles. The van der Waals surface area contributed by atoms with Crippen molar-refractivity contribution in [1.82, 2.24) is 5.32 Å². The van der Waals surface area contributed by atoms with E-state index in [1.165, 1.54) is 5.56 Å². The Morgan fingerprint density at radius 3 is 2.82 bits per heavy atom. The number of fused-ring (bicyclic) bond motifs is 1. The Kier molecular flexibility index (Phi) is 4.23. The van der Waals surface area contributed by atoms with E-state index in [1.54, 1.807) is 6.92 Å². The molecule has 0 spiro atoms. The van der Waals surface area contributed by atoms with Gasteiger partial charge in [0.25, 0.3) is 0 Å². The van der Waals surface area contributed by atoms with Crippen LogP contribution in [0.3, 0.4) is 0 Å². The molecule has 1 aliphatic rings. The van der Waals surface area contributed by atoms with Gasteiger partial charge in [0.15, 0.2) is 11.5 Å². The summed E-state index contributed by atoms with van der Waals surface area (Å²) in [6.45, 7) is 4.63. The first-order chi connectivity index (χ1) is 8.25. The molecule has 0 bridgehead atoms. The van der Waals surface area contributed by atoms with Crippen LogP contribution in [0.2, 0.25) is 0 Å². The van der Waals surface area contributed by atoms with Gasteiger partial charge in [-0.3, -0.25) is 0 Å². The third-order valence-corrected chi connectivity index (χ3v) is 2.67. The van der Waals surface area contributed by atoms with Crippen LogP contribution in [0.1, 0.15) is 18.9 Å². The van der Waals surface area contributed by atoms with Crippen molar-refractivity contribution in [2.45, 2.75) is 26.0 Å². The number of benzene rings is 1. The summed E-state index contributed by atoms with van der Waals surface area (Å²) in [5, 5.41) is 12.4. The molecule has 17 heavy (non-hydrogen) atoms. The lowest BCUT2D eigenvalue weighted by Gasteiger charge is -2.19. The predicted octanol–water partition coefficient (Wildman–Crippen LogP) is 1.32. The van der Waals surface area contributed by atoms with Gasteiger partial charge in [-0.2, -0.15) is 0 Å². The molecule has 4 heteroatoms. The molecule has 0 saturated carbocycles. The largest absolute Gasteiger partial charge is 0.486 e. The third kappa shape index (κ3) is 3.61. The second kappa shape index (κ2) is 5.89. The minimum absolute atomic E-state index is 0.247. The minimum atomic E-state index is -0.247. The smallest absolute Gasteiger partial charge is 0.161 e. The summed E-state index contributed by atoms with van der Waals surface area (Å²) in [5.74, 6) is 1.65. The standard InChI is InChI=1S/C13H19NO3/c1-10(15)4-5-14-9-11-2-3-12-13(8-11)17-7-6-16-12/h2-3,8,10,14-15H,4-7,9H2,1H3. The van der Waals surface area contributed by atoms with E-state index in [-0.39, 0.29) is 6.10 Å². The number of aliphatic hydroxyl groups excluding tert-OH is 1. The van der Waals surface area contributed by atoms with Crippen molar-refractivity contribution >= 4 is 0 Å². The maximum Gasteiger partial charge on any atom is 0.161 e. The summed E-state index contributed by atoms with van der Waals surface area (Å²) in [5.41, 5.74) is 1.17. The van der Waals surface area contributed by atoms with E-state index in [9.17, 15) is 0 Å². The summed E-state index contributed by atoms with van der Waals surface area (Å²) in [6.07, 6.45) is 0.521. The minimum Gasteiger partial charge on any atom is -0.486 e. The van der Waals surface area contributed by atoms with Gasteiger partial charge in [0.1, 0.15) is 13.2 Å². The molecule has 0 saturated heterocycles. The molecule has 4 nitrogen and oxygen atoms in total. The average molecular weight is 237 g/mol. The Balaban J connectivity index is 1.85. The number of nitrogens with one attached hydrogen (secondary N) is 1. The van der Waals surface area contributed by atoms with Crippen molar-refractivity contribution in [2.24, 2.45) is 0 Å². The summed E-state index contributed by atoms with van der Waals surface area (Å²) in [6, 6.07) is 5.98. The molecular formula is C13H19NO3. The molecular weight excluding hydrogens is 218 g/mol. The second-order valence-corrected chi connectivity index (χ2v) is 4.29. The molecule has 2 rings (SSSR count). The van der Waals surface area contributed by atoms with E-state index in [1.807, 2.05) is 18.2 Å². The topological polar surface area (TPSA) is 50.7 Å². The van der Waals surface area contributed by atoms with Crippen LogP contribution in [0.15, 0.2) is 18.2 Å². The zero-order valence-electron chi connectivity index (χ0n) is 10.1. The fourth-order valence-electron chi connectivity index (χ4n) is 1.74. The summed E-state index contributed by atoms with van der Waals surface area (Å²) in [7, 11) is 0. The van der Waals surface area contributed by atoms with Gasteiger partial charge in [0.05, 0.1) is 6.10 Å². The van der Waals surface area contributed by atoms with E-state index in [0.717, 1.165) is 31.0 Å². The molecule has 0 aliphatic carbocycles. The van der Waals surface area contributed by atoms with Gasteiger partial charge in [-0.1, -0.05) is 6.07 Å².